The van der Waals surface area contributed by atoms with E-state index in [1.54, 1.807) is 64.4 Å². The van der Waals surface area contributed by atoms with E-state index < -0.39 is 9.84 Å². The average molecular weight is 531 g/mol. The van der Waals surface area contributed by atoms with Crippen molar-refractivity contribution in [2.24, 2.45) is 0 Å². The van der Waals surface area contributed by atoms with E-state index in [1.807, 2.05) is 18.2 Å². The Hall–Kier alpha value is -3.27. The largest absolute Gasteiger partial charge is 0.491 e. The number of hydrogen-bond donors (Lipinski definition) is 1. The van der Waals surface area contributed by atoms with Crippen LogP contribution in [0.15, 0.2) is 72.8 Å². The topological polar surface area (TPSA) is 96.4 Å². The Bertz CT molecular complexity index is 1300. The molecule has 2 amide bonds. The second-order valence-corrected chi connectivity index (χ2v) is 11.1. The summed E-state index contributed by atoms with van der Waals surface area (Å²) in [7, 11) is -3.24. The molecule has 3 aromatic carbocycles. The second-order valence-electron chi connectivity index (χ2n) is 8.44. The number of hydrogen-bond acceptors (Lipinski definition) is 6. The van der Waals surface area contributed by atoms with Crippen LogP contribution in [0.3, 0.4) is 0 Å². The quantitative estimate of drug-likeness (QED) is 0.413. The van der Waals surface area contributed by atoms with Crippen LogP contribution in [0.4, 0.5) is 10.5 Å². The lowest BCUT2D eigenvalue weighted by Crippen LogP contribution is -2.35. The highest BCUT2D eigenvalue weighted by Gasteiger charge is 2.39. The third kappa shape index (κ3) is 6.48. The van der Waals surface area contributed by atoms with Gasteiger partial charge in [0.2, 0.25) is 0 Å². The van der Waals surface area contributed by atoms with E-state index in [1.165, 1.54) is 0 Å². The molecule has 1 heterocycles. The van der Waals surface area contributed by atoms with Gasteiger partial charge in [0, 0.05) is 30.1 Å². The number of aliphatic hydroxyl groups is 1. The number of sulfone groups is 1. The molecule has 0 saturated carbocycles. The van der Waals surface area contributed by atoms with Gasteiger partial charge >= 0.3 is 6.03 Å². The molecule has 4 rings (SSSR count). The lowest BCUT2D eigenvalue weighted by Gasteiger charge is -2.24. The summed E-state index contributed by atoms with van der Waals surface area (Å²) in [5.74, 6) is 1.69. The number of carbonyl (C=O) groups is 1. The van der Waals surface area contributed by atoms with Gasteiger partial charge < -0.3 is 19.5 Å². The van der Waals surface area contributed by atoms with Crippen LogP contribution in [0, 0.1) is 0 Å². The van der Waals surface area contributed by atoms with Crippen LogP contribution >= 0.6 is 11.6 Å². The maximum Gasteiger partial charge on any atom is 0.325 e. The Kier molecular flexibility index (Phi) is 8.03. The van der Waals surface area contributed by atoms with Crippen molar-refractivity contribution in [3.8, 4) is 17.2 Å². The number of aliphatic hydroxyl groups excluding tert-OH is 1. The van der Waals surface area contributed by atoms with E-state index in [2.05, 4.69) is 0 Å². The summed E-state index contributed by atoms with van der Waals surface area (Å²) in [5, 5.41) is 9.68. The lowest BCUT2D eigenvalue weighted by molar-refractivity contribution is 0.201. The van der Waals surface area contributed by atoms with Crippen LogP contribution in [0.5, 0.6) is 17.2 Å². The number of benzene rings is 3. The van der Waals surface area contributed by atoms with E-state index in [-0.39, 0.29) is 37.6 Å². The first-order chi connectivity index (χ1) is 17.2. The average Bonchev–Trinajstić information content (AvgIpc) is 3.19. The van der Waals surface area contributed by atoms with Crippen molar-refractivity contribution in [2.75, 3.05) is 43.2 Å². The van der Waals surface area contributed by atoms with Gasteiger partial charge in [-0.2, -0.15) is 0 Å². The van der Waals surface area contributed by atoms with Gasteiger partial charge in [-0.05, 0) is 66.2 Å². The van der Waals surface area contributed by atoms with Crippen LogP contribution in [0.25, 0.3) is 0 Å². The summed E-state index contributed by atoms with van der Waals surface area (Å²) in [5.41, 5.74) is 1.49. The second kappa shape index (κ2) is 11.2. The molecule has 0 spiro atoms. The molecule has 1 aliphatic heterocycles. The smallest absolute Gasteiger partial charge is 0.325 e. The zero-order valence-corrected chi connectivity index (χ0v) is 21.3. The molecular formula is C26H27ClN2O6S. The summed E-state index contributed by atoms with van der Waals surface area (Å²) in [6.45, 7) is 0.471. The van der Waals surface area contributed by atoms with Crippen molar-refractivity contribution >= 4 is 33.2 Å². The number of ether oxygens (including phenoxy) is 2. The Morgan fingerprint density at radius 2 is 1.67 bits per heavy atom. The highest BCUT2D eigenvalue weighted by Crippen LogP contribution is 2.36. The molecule has 1 aliphatic rings. The summed E-state index contributed by atoms with van der Waals surface area (Å²) >= 11 is 5.93. The van der Waals surface area contributed by atoms with Gasteiger partial charge in [0.25, 0.3) is 0 Å². The van der Waals surface area contributed by atoms with Gasteiger partial charge in [-0.1, -0.05) is 23.7 Å². The molecule has 1 saturated heterocycles. The minimum Gasteiger partial charge on any atom is -0.491 e. The molecule has 1 unspecified atom stereocenters. The van der Waals surface area contributed by atoms with E-state index in [0.29, 0.717) is 34.5 Å². The van der Waals surface area contributed by atoms with E-state index >= 15 is 0 Å². The Morgan fingerprint density at radius 1 is 1.00 bits per heavy atom. The Labute approximate surface area is 215 Å². The fourth-order valence-corrected chi connectivity index (χ4v) is 4.63. The zero-order valence-electron chi connectivity index (χ0n) is 19.7. The summed E-state index contributed by atoms with van der Waals surface area (Å²) in [4.78, 5) is 16.6. The number of urea groups is 1. The van der Waals surface area contributed by atoms with Crippen molar-refractivity contribution in [2.45, 2.75) is 6.04 Å². The third-order valence-electron chi connectivity index (χ3n) is 5.68. The monoisotopic (exact) mass is 530 g/mol. The lowest BCUT2D eigenvalue weighted by atomic mass is 10.1. The van der Waals surface area contributed by atoms with E-state index in [0.717, 1.165) is 11.8 Å². The molecule has 1 N–H and O–H groups in total. The molecule has 3 aromatic rings. The van der Waals surface area contributed by atoms with Gasteiger partial charge in [-0.25, -0.2) is 13.2 Å². The maximum atomic E-state index is 13.4. The number of rotatable bonds is 10. The standard InChI is InChI=1S/C26H27ClN2O6S/c1-36(32,33)16-13-28-18-25(19-3-2-4-24(17-19)34-15-14-30)29(26(28)31)21-7-11-23(12-8-21)35-22-9-5-20(27)6-10-22/h2-12,17,25,30H,13-16,18H2,1H3. The molecule has 1 atom stereocenters. The molecule has 8 nitrogen and oxygen atoms in total. The first-order valence-electron chi connectivity index (χ1n) is 11.4. The molecule has 0 bridgehead atoms. The first kappa shape index (κ1) is 25.8. The fourth-order valence-electron chi connectivity index (χ4n) is 3.95. The van der Waals surface area contributed by atoms with Crippen LogP contribution in [-0.2, 0) is 9.84 Å². The highest BCUT2D eigenvalue weighted by atomic mass is 35.5. The van der Waals surface area contributed by atoms with E-state index in [4.69, 9.17) is 26.2 Å². The minimum absolute atomic E-state index is 0.100. The molecular weight excluding hydrogens is 504 g/mol. The van der Waals surface area contributed by atoms with Crippen molar-refractivity contribution in [1.82, 2.24) is 4.90 Å². The van der Waals surface area contributed by atoms with Gasteiger partial charge in [0.15, 0.2) is 0 Å². The Balaban J connectivity index is 1.60. The maximum absolute atomic E-state index is 13.4. The number of halogens is 1. The number of carbonyl (C=O) groups excluding carboxylic acids is 1. The molecule has 10 heteroatoms. The summed E-state index contributed by atoms with van der Waals surface area (Å²) in [6, 6.07) is 20.8. The highest BCUT2D eigenvalue weighted by molar-refractivity contribution is 7.90. The van der Waals surface area contributed by atoms with Gasteiger partial charge in [-0.15, -0.1) is 0 Å². The van der Waals surface area contributed by atoms with Gasteiger partial charge in [0.1, 0.15) is 33.7 Å². The van der Waals surface area contributed by atoms with Crippen LogP contribution in [-0.4, -0.2) is 62.8 Å². The predicted molar refractivity (Wildman–Crippen MR) is 139 cm³/mol. The summed E-state index contributed by atoms with van der Waals surface area (Å²) < 4.78 is 34.9. The minimum atomic E-state index is -3.24. The SMILES string of the molecule is CS(=O)(=O)CCN1CC(c2cccc(OCCO)c2)N(c2ccc(Oc3ccc(Cl)cc3)cc2)C1=O. The molecule has 0 aliphatic carbocycles. The van der Waals surface area contributed by atoms with Crippen molar-refractivity contribution < 1.29 is 27.8 Å². The number of anilines is 1. The fraction of sp³-hybridized carbons (Fsp3) is 0.269. The van der Waals surface area contributed by atoms with Crippen LogP contribution < -0.4 is 14.4 Å². The van der Waals surface area contributed by atoms with Crippen molar-refractivity contribution in [3.05, 3.63) is 83.4 Å². The number of nitrogens with zero attached hydrogens (tertiary/aromatic N) is 2. The van der Waals surface area contributed by atoms with Crippen LogP contribution in [0.2, 0.25) is 5.02 Å². The molecule has 36 heavy (non-hydrogen) atoms. The zero-order chi connectivity index (χ0) is 25.7. The molecule has 0 radical (unpaired) electrons. The van der Waals surface area contributed by atoms with E-state index in [9.17, 15) is 13.2 Å². The number of amides is 2. The molecule has 0 aromatic heterocycles. The first-order valence-corrected chi connectivity index (χ1v) is 13.8. The van der Waals surface area contributed by atoms with Gasteiger partial charge in [-0.3, -0.25) is 4.90 Å². The van der Waals surface area contributed by atoms with Gasteiger partial charge in [0.05, 0.1) is 18.4 Å². The van der Waals surface area contributed by atoms with Crippen molar-refractivity contribution in [1.29, 1.82) is 0 Å². The molecule has 1 fully saturated rings. The van der Waals surface area contributed by atoms with Crippen LogP contribution in [0.1, 0.15) is 11.6 Å². The predicted octanol–water partition coefficient (Wildman–Crippen LogP) is 4.53. The normalized spacial score (nSPS) is 15.9. The molecule has 190 valence electrons. The van der Waals surface area contributed by atoms with Crippen molar-refractivity contribution in [3.63, 3.8) is 0 Å². The Morgan fingerprint density at radius 3 is 2.31 bits per heavy atom. The summed E-state index contributed by atoms with van der Waals surface area (Å²) in [6.07, 6.45) is 1.16. The third-order valence-corrected chi connectivity index (χ3v) is 6.86.